The van der Waals surface area contributed by atoms with Crippen molar-refractivity contribution in [2.45, 2.75) is 13.8 Å². The number of rotatable bonds is 2. The molecule has 0 aromatic rings. The first kappa shape index (κ1) is 17.8. The van der Waals surface area contributed by atoms with Crippen molar-refractivity contribution in [1.29, 1.82) is 5.26 Å². The van der Waals surface area contributed by atoms with E-state index in [9.17, 15) is 19.6 Å². The van der Waals surface area contributed by atoms with E-state index in [1.165, 1.54) is 13.8 Å². The van der Waals surface area contributed by atoms with Crippen LogP contribution in [0.3, 0.4) is 0 Å². The SMILES string of the molecule is CC(=O)N1CCN(/C=C(/C#N)C(=O)N2CCN(C(C)=O)CC2)CC1. The Balaban J connectivity index is 1.94. The van der Waals surface area contributed by atoms with E-state index in [0.29, 0.717) is 52.4 Å². The molecule has 2 heterocycles. The molecule has 2 fully saturated rings. The first-order valence-electron chi connectivity index (χ1n) is 8.08. The van der Waals surface area contributed by atoms with E-state index in [1.807, 2.05) is 11.0 Å². The van der Waals surface area contributed by atoms with Crippen LogP contribution in [0.2, 0.25) is 0 Å². The molecule has 0 bridgehead atoms. The van der Waals surface area contributed by atoms with Gasteiger partial charge in [0.2, 0.25) is 11.8 Å². The Bertz CT molecular complexity index is 579. The van der Waals surface area contributed by atoms with Gasteiger partial charge in [-0.2, -0.15) is 5.26 Å². The molecule has 2 saturated heterocycles. The van der Waals surface area contributed by atoms with Crippen LogP contribution in [0, 0.1) is 11.3 Å². The van der Waals surface area contributed by atoms with Gasteiger partial charge < -0.3 is 19.6 Å². The van der Waals surface area contributed by atoms with Gasteiger partial charge in [-0.15, -0.1) is 0 Å². The van der Waals surface area contributed by atoms with Gasteiger partial charge in [-0.25, -0.2) is 0 Å². The Morgan fingerprint density at radius 2 is 1.21 bits per heavy atom. The van der Waals surface area contributed by atoms with Crippen LogP contribution in [0.1, 0.15) is 13.8 Å². The molecule has 3 amide bonds. The average molecular weight is 333 g/mol. The molecule has 0 spiro atoms. The lowest BCUT2D eigenvalue weighted by molar-refractivity contribution is -0.136. The molecule has 0 atom stereocenters. The minimum atomic E-state index is -0.297. The van der Waals surface area contributed by atoms with Gasteiger partial charge in [0.15, 0.2) is 0 Å². The van der Waals surface area contributed by atoms with Crippen molar-refractivity contribution in [2.75, 3.05) is 52.4 Å². The van der Waals surface area contributed by atoms with Crippen molar-refractivity contribution >= 4 is 17.7 Å². The Morgan fingerprint density at radius 1 is 0.792 bits per heavy atom. The fourth-order valence-electron chi connectivity index (χ4n) is 2.88. The molecule has 8 nitrogen and oxygen atoms in total. The lowest BCUT2D eigenvalue weighted by Crippen LogP contribution is -2.50. The second kappa shape index (κ2) is 7.81. The zero-order valence-corrected chi connectivity index (χ0v) is 14.2. The summed E-state index contributed by atoms with van der Waals surface area (Å²) in [6, 6.07) is 1.98. The molecule has 0 unspecified atom stereocenters. The summed E-state index contributed by atoms with van der Waals surface area (Å²) in [6.07, 6.45) is 1.59. The first-order valence-corrected chi connectivity index (χ1v) is 8.08. The number of nitriles is 1. The third-order valence-corrected chi connectivity index (χ3v) is 4.43. The summed E-state index contributed by atoms with van der Waals surface area (Å²) in [5.74, 6) is -0.255. The van der Waals surface area contributed by atoms with Crippen LogP contribution in [-0.4, -0.2) is 89.7 Å². The zero-order chi connectivity index (χ0) is 17.7. The monoisotopic (exact) mass is 333 g/mol. The molecule has 24 heavy (non-hydrogen) atoms. The van der Waals surface area contributed by atoms with Crippen molar-refractivity contribution in [3.8, 4) is 6.07 Å². The van der Waals surface area contributed by atoms with Crippen LogP contribution in [-0.2, 0) is 14.4 Å². The predicted molar refractivity (Wildman–Crippen MR) is 86.4 cm³/mol. The van der Waals surface area contributed by atoms with Crippen LogP contribution < -0.4 is 0 Å². The van der Waals surface area contributed by atoms with Crippen molar-refractivity contribution in [3.05, 3.63) is 11.8 Å². The summed E-state index contributed by atoms with van der Waals surface area (Å²) in [5, 5.41) is 9.32. The minimum Gasteiger partial charge on any atom is -0.373 e. The van der Waals surface area contributed by atoms with E-state index in [-0.39, 0.29) is 23.3 Å². The number of hydrogen-bond donors (Lipinski definition) is 0. The van der Waals surface area contributed by atoms with E-state index >= 15 is 0 Å². The smallest absolute Gasteiger partial charge is 0.266 e. The fraction of sp³-hybridized carbons (Fsp3) is 0.625. The Kier molecular flexibility index (Phi) is 5.79. The Hall–Kier alpha value is -2.56. The second-order valence-corrected chi connectivity index (χ2v) is 5.99. The highest BCUT2D eigenvalue weighted by Gasteiger charge is 2.25. The molecular formula is C16H23N5O3. The van der Waals surface area contributed by atoms with Gasteiger partial charge in [-0.3, -0.25) is 14.4 Å². The molecular weight excluding hydrogens is 310 g/mol. The average Bonchev–Trinajstić information content (AvgIpc) is 2.59. The molecule has 0 N–H and O–H groups in total. The minimum absolute atomic E-state index is 0.00138. The molecule has 2 rings (SSSR count). The van der Waals surface area contributed by atoms with Gasteiger partial charge in [0.25, 0.3) is 5.91 Å². The van der Waals surface area contributed by atoms with Gasteiger partial charge in [-0.05, 0) is 0 Å². The number of hydrogen-bond acceptors (Lipinski definition) is 5. The van der Waals surface area contributed by atoms with E-state index in [2.05, 4.69) is 0 Å². The summed E-state index contributed by atoms with van der Waals surface area (Å²) in [7, 11) is 0. The van der Waals surface area contributed by atoms with Gasteiger partial charge in [0.1, 0.15) is 11.6 Å². The largest absolute Gasteiger partial charge is 0.373 e. The van der Waals surface area contributed by atoms with Gasteiger partial charge in [0, 0.05) is 72.4 Å². The number of amides is 3. The lowest BCUT2D eigenvalue weighted by atomic mass is 10.2. The summed E-state index contributed by atoms with van der Waals surface area (Å²) in [6.45, 7) is 7.33. The third-order valence-electron chi connectivity index (χ3n) is 4.43. The van der Waals surface area contributed by atoms with Crippen LogP contribution >= 0.6 is 0 Å². The van der Waals surface area contributed by atoms with Gasteiger partial charge in [-0.1, -0.05) is 0 Å². The van der Waals surface area contributed by atoms with Crippen LogP contribution in [0.25, 0.3) is 0 Å². The molecule has 8 heteroatoms. The van der Waals surface area contributed by atoms with Crippen LogP contribution in [0.15, 0.2) is 11.8 Å². The number of piperazine rings is 2. The maximum absolute atomic E-state index is 12.5. The predicted octanol–water partition coefficient (Wildman–Crippen LogP) is -0.751. The zero-order valence-electron chi connectivity index (χ0n) is 14.2. The highest BCUT2D eigenvalue weighted by atomic mass is 16.2. The van der Waals surface area contributed by atoms with Crippen molar-refractivity contribution < 1.29 is 14.4 Å². The molecule has 0 aromatic carbocycles. The van der Waals surface area contributed by atoms with Gasteiger partial charge in [0.05, 0.1) is 0 Å². The van der Waals surface area contributed by atoms with E-state index in [1.54, 1.807) is 20.9 Å². The highest BCUT2D eigenvalue weighted by Crippen LogP contribution is 2.10. The van der Waals surface area contributed by atoms with Crippen LogP contribution in [0.5, 0.6) is 0 Å². The quantitative estimate of drug-likeness (QED) is 0.490. The van der Waals surface area contributed by atoms with Crippen molar-refractivity contribution in [2.24, 2.45) is 0 Å². The standard InChI is InChI=1S/C16H23N5O3/c1-13(22)19-5-3-18(4-6-19)12-15(11-17)16(24)21-9-7-20(8-10-21)14(2)23/h12H,3-10H2,1-2H3/b15-12-. The number of nitrogens with zero attached hydrogens (tertiary/aromatic N) is 5. The lowest BCUT2D eigenvalue weighted by Gasteiger charge is -2.35. The maximum Gasteiger partial charge on any atom is 0.266 e. The summed E-state index contributed by atoms with van der Waals surface area (Å²) < 4.78 is 0. The molecule has 0 aromatic heterocycles. The van der Waals surface area contributed by atoms with Crippen molar-refractivity contribution in [3.63, 3.8) is 0 Å². The number of carbonyl (C=O) groups is 3. The molecule has 2 aliphatic heterocycles. The second-order valence-electron chi connectivity index (χ2n) is 5.99. The molecule has 130 valence electrons. The van der Waals surface area contributed by atoms with Crippen molar-refractivity contribution in [1.82, 2.24) is 19.6 Å². The first-order chi connectivity index (χ1) is 11.4. The fourth-order valence-corrected chi connectivity index (χ4v) is 2.88. The van der Waals surface area contributed by atoms with E-state index in [4.69, 9.17) is 0 Å². The normalized spacial score (nSPS) is 19.1. The van der Waals surface area contributed by atoms with E-state index in [0.717, 1.165) is 0 Å². The third kappa shape index (κ3) is 4.25. The molecule has 2 aliphatic rings. The summed E-state index contributed by atoms with van der Waals surface area (Å²) in [4.78, 5) is 42.1. The highest BCUT2D eigenvalue weighted by molar-refractivity contribution is 5.97. The topological polar surface area (TPSA) is 88.0 Å². The molecule has 0 saturated carbocycles. The van der Waals surface area contributed by atoms with E-state index < -0.39 is 0 Å². The molecule has 0 aliphatic carbocycles. The summed E-state index contributed by atoms with van der Waals surface area (Å²) >= 11 is 0. The Morgan fingerprint density at radius 3 is 1.62 bits per heavy atom. The Labute approximate surface area is 141 Å². The number of carbonyl (C=O) groups excluding carboxylic acids is 3. The maximum atomic E-state index is 12.5. The summed E-state index contributed by atoms with van der Waals surface area (Å²) in [5.41, 5.74) is 0.0996. The van der Waals surface area contributed by atoms with Gasteiger partial charge >= 0.3 is 0 Å². The van der Waals surface area contributed by atoms with Crippen LogP contribution in [0.4, 0.5) is 0 Å². The molecule has 0 radical (unpaired) electrons.